The number of carbonyl (C=O) groups excluding carboxylic acids is 2. The van der Waals surface area contributed by atoms with Gasteiger partial charge in [-0.3, -0.25) is 9.69 Å². The lowest BCUT2D eigenvalue weighted by molar-refractivity contribution is -0.129. The van der Waals surface area contributed by atoms with Gasteiger partial charge in [-0.25, -0.2) is 17.6 Å². The van der Waals surface area contributed by atoms with Crippen molar-refractivity contribution < 1.29 is 32.2 Å². The number of allylic oxidation sites excluding steroid dienone is 3. The quantitative estimate of drug-likeness (QED) is 0.389. The third-order valence-corrected chi connectivity index (χ3v) is 8.75. The number of amides is 2. The van der Waals surface area contributed by atoms with Crippen molar-refractivity contribution in [1.29, 1.82) is 0 Å². The van der Waals surface area contributed by atoms with E-state index in [2.05, 4.69) is 5.32 Å². The highest BCUT2D eigenvalue weighted by atomic mass is 32.2. The lowest BCUT2D eigenvalue weighted by atomic mass is 9.96. The zero-order valence-electron chi connectivity index (χ0n) is 23.1. The van der Waals surface area contributed by atoms with Gasteiger partial charge < -0.3 is 15.2 Å². The molecule has 4 rings (SSSR count). The number of benzene rings is 2. The topological polar surface area (TPSA) is 116 Å². The molecule has 1 heterocycles. The van der Waals surface area contributed by atoms with Gasteiger partial charge in [0, 0.05) is 18.8 Å². The predicted octanol–water partition coefficient (Wildman–Crippen LogP) is 4.01. The van der Waals surface area contributed by atoms with Crippen LogP contribution in [0.3, 0.4) is 0 Å². The smallest absolute Gasteiger partial charge is 0.415 e. The highest BCUT2D eigenvalue weighted by molar-refractivity contribution is 7.89. The lowest BCUT2D eigenvalue weighted by Crippen LogP contribution is -2.52. The normalized spacial score (nSPS) is 18.8. The van der Waals surface area contributed by atoms with Gasteiger partial charge in [0.15, 0.2) is 6.10 Å². The first-order chi connectivity index (χ1) is 19.5. The van der Waals surface area contributed by atoms with Gasteiger partial charge in [0.1, 0.15) is 5.82 Å². The average Bonchev–Trinajstić information content (AvgIpc) is 3.35. The number of anilines is 1. The fraction of sp³-hybridized carbons (Fsp3) is 0.400. The monoisotopic (exact) mass is 585 g/mol. The van der Waals surface area contributed by atoms with Crippen molar-refractivity contribution in [2.24, 2.45) is 5.92 Å². The minimum atomic E-state index is -4.07. The van der Waals surface area contributed by atoms with Crippen LogP contribution in [0.25, 0.3) is 0 Å². The summed E-state index contributed by atoms with van der Waals surface area (Å²) in [6, 6.07) is 12.5. The molecule has 9 nitrogen and oxygen atoms in total. The van der Waals surface area contributed by atoms with Crippen LogP contribution < -0.4 is 10.2 Å². The summed E-state index contributed by atoms with van der Waals surface area (Å²) in [5, 5.41) is 14.2. The van der Waals surface area contributed by atoms with Crippen LogP contribution in [0.5, 0.6) is 0 Å². The fourth-order valence-electron chi connectivity index (χ4n) is 4.82. The second kappa shape index (κ2) is 13.4. The lowest BCUT2D eigenvalue weighted by Gasteiger charge is -2.31. The summed E-state index contributed by atoms with van der Waals surface area (Å²) in [6.07, 6.45) is 4.82. The molecular weight excluding hydrogens is 549 g/mol. The van der Waals surface area contributed by atoms with E-state index in [-0.39, 0.29) is 36.9 Å². The number of cyclic esters (lactones) is 1. The summed E-state index contributed by atoms with van der Waals surface area (Å²) in [5.41, 5.74) is 1.49. The Kier molecular flexibility index (Phi) is 9.95. The van der Waals surface area contributed by atoms with Crippen molar-refractivity contribution in [3.63, 3.8) is 0 Å². The maximum Gasteiger partial charge on any atom is 0.415 e. The number of sulfonamides is 1. The Labute approximate surface area is 240 Å². The minimum absolute atomic E-state index is 0.00147. The largest absolute Gasteiger partial charge is 0.434 e. The van der Waals surface area contributed by atoms with Crippen molar-refractivity contribution in [1.82, 2.24) is 9.62 Å². The summed E-state index contributed by atoms with van der Waals surface area (Å²) in [4.78, 5) is 27.1. The molecule has 2 aliphatic rings. The first kappa shape index (κ1) is 30.4. The third kappa shape index (κ3) is 7.81. The number of aliphatic hydroxyl groups excluding tert-OH is 1. The van der Waals surface area contributed by atoms with Gasteiger partial charge in [-0.2, -0.15) is 4.31 Å². The summed E-state index contributed by atoms with van der Waals surface area (Å²) < 4.78 is 47.0. The van der Waals surface area contributed by atoms with Gasteiger partial charge in [-0.05, 0) is 61.6 Å². The molecule has 0 spiro atoms. The van der Waals surface area contributed by atoms with E-state index in [1.165, 1.54) is 17.0 Å². The van der Waals surface area contributed by atoms with Crippen molar-refractivity contribution in [2.45, 2.75) is 56.3 Å². The van der Waals surface area contributed by atoms with E-state index < -0.39 is 46.1 Å². The zero-order chi connectivity index (χ0) is 29.6. The molecule has 2 aromatic carbocycles. The van der Waals surface area contributed by atoms with Gasteiger partial charge in [0.05, 0.1) is 23.6 Å². The van der Waals surface area contributed by atoms with E-state index in [0.717, 1.165) is 34.9 Å². The molecule has 1 aliphatic heterocycles. The second-order valence-electron chi connectivity index (χ2n) is 10.6. The SMILES string of the molecule is CC(C)CN(C[C@@H](O)[C@H](CC1=CCCC=C1)NC(=O)[C@@H]1CN(c2ccccc2)C(=O)O1)S(=O)(=O)c1ccc(F)cc1. The van der Waals surface area contributed by atoms with E-state index in [4.69, 9.17) is 4.74 Å². The van der Waals surface area contributed by atoms with E-state index in [1.54, 1.807) is 24.3 Å². The molecule has 0 radical (unpaired) electrons. The Balaban J connectivity index is 1.53. The summed E-state index contributed by atoms with van der Waals surface area (Å²) in [5.74, 6) is -1.22. The van der Waals surface area contributed by atoms with Gasteiger partial charge in [0.2, 0.25) is 10.0 Å². The van der Waals surface area contributed by atoms with E-state index in [1.807, 2.05) is 38.1 Å². The van der Waals surface area contributed by atoms with Crippen LogP contribution in [-0.4, -0.2) is 67.7 Å². The minimum Gasteiger partial charge on any atom is -0.434 e. The molecule has 220 valence electrons. The number of nitrogens with one attached hydrogen (secondary N) is 1. The Morgan fingerprint density at radius 1 is 1.12 bits per heavy atom. The van der Waals surface area contributed by atoms with Gasteiger partial charge in [-0.15, -0.1) is 0 Å². The summed E-state index contributed by atoms with van der Waals surface area (Å²) in [7, 11) is -4.07. The molecule has 1 aliphatic carbocycles. The van der Waals surface area contributed by atoms with Crippen LogP contribution in [0.4, 0.5) is 14.9 Å². The predicted molar refractivity (Wildman–Crippen MR) is 153 cm³/mol. The maximum absolute atomic E-state index is 13.5. The molecule has 0 bridgehead atoms. The van der Waals surface area contributed by atoms with Crippen LogP contribution in [0.15, 0.2) is 83.3 Å². The molecule has 0 unspecified atom stereocenters. The van der Waals surface area contributed by atoms with Crippen molar-refractivity contribution in [2.75, 3.05) is 24.5 Å². The molecule has 1 saturated heterocycles. The zero-order valence-corrected chi connectivity index (χ0v) is 24.0. The van der Waals surface area contributed by atoms with Gasteiger partial charge in [-0.1, -0.05) is 55.8 Å². The standard InChI is InChI=1S/C30H36FN3O6S/c1-21(2)18-33(41(38,39)25-15-13-23(31)14-16-25)19-27(35)26(17-22-9-5-3-6-10-22)32-29(36)28-20-34(30(37)40-28)24-11-7-4-8-12-24/h4-5,7-16,21,26-28,35H,3,6,17-20H2,1-2H3,(H,32,36)/t26-,27+,28-/m0/s1. The Hall–Kier alpha value is -3.54. The molecular formula is C30H36FN3O6S. The molecule has 0 aromatic heterocycles. The number of para-hydroxylation sites is 1. The molecule has 3 atom stereocenters. The van der Waals surface area contributed by atoms with E-state index in [9.17, 15) is 27.5 Å². The molecule has 1 fully saturated rings. The third-order valence-electron chi connectivity index (χ3n) is 6.90. The second-order valence-corrected chi connectivity index (χ2v) is 12.6. The van der Waals surface area contributed by atoms with Crippen LogP contribution >= 0.6 is 0 Å². The van der Waals surface area contributed by atoms with Crippen LogP contribution in [0, 0.1) is 11.7 Å². The van der Waals surface area contributed by atoms with E-state index in [0.29, 0.717) is 5.69 Å². The van der Waals surface area contributed by atoms with Crippen LogP contribution in [0.1, 0.15) is 33.1 Å². The molecule has 2 aromatic rings. The Morgan fingerprint density at radius 2 is 1.83 bits per heavy atom. The number of hydrogen-bond acceptors (Lipinski definition) is 6. The summed E-state index contributed by atoms with van der Waals surface area (Å²) in [6.45, 7) is 3.50. The Morgan fingerprint density at radius 3 is 2.46 bits per heavy atom. The first-order valence-corrected chi connectivity index (χ1v) is 15.1. The first-order valence-electron chi connectivity index (χ1n) is 13.7. The Bertz CT molecular complexity index is 1380. The molecule has 11 heteroatoms. The van der Waals surface area contributed by atoms with Gasteiger partial charge in [0.25, 0.3) is 5.91 Å². The van der Waals surface area contributed by atoms with Gasteiger partial charge >= 0.3 is 6.09 Å². The average molecular weight is 586 g/mol. The van der Waals surface area contributed by atoms with Crippen LogP contribution in [-0.2, 0) is 19.6 Å². The number of ether oxygens (including phenoxy) is 1. The van der Waals surface area contributed by atoms with Crippen LogP contribution in [0.2, 0.25) is 0 Å². The highest BCUT2D eigenvalue weighted by Gasteiger charge is 2.39. The van der Waals surface area contributed by atoms with E-state index >= 15 is 0 Å². The number of hydrogen-bond donors (Lipinski definition) is 2. The number of halogens is 1. The summed E-state index contributed by atoms with van der Waals surface area (Å²) >= 11 is 0. The number of carbonyl (C=O) groups is 2. The maximum atomic E-state index is 13.5. The van der Waals surface area contributed by atoms with Crippen molar-refractivity contribution in [3.05, 3.63) is 84.2 Å². The molecule has 2 amide bonds. The molecule has 2 N–H and O–H groups in total. The van der Waals surface area contributed by atoms with Crippen molar-refractivity contribution >= 4 is 27.7 Å². The molecule has 0 saturated carbocycles. The number of nitrogens with zero attached hydrogens (tertiary/aromatic N) is 2. The van der Waals surface area contributed by atoms with Crippen molar-refractivity contribution in [3.8, 4) is 0 Å². The fourth-order valence-corrected chi connectivity index (χ4v) is 6.44. The highest BCUT2D eigenvalue weighted by Crippen LogP contribution is 2.24. The number of aliphatic hydroxyl groups is 1. The number of rotatable bonds is 12. The molecule has 41 heavy (non-hydrogen) atoms.